The first kappa shape index (κ1) is 33.6. The molecule has 8 N–H and O–H groups in total. The molecular formula is C23H45NO11S. The molecule has 214 valence electrons. The van der Waals surface area contributed by atoms with E-state index >= 15 is 0 Å². The maximum Gasteiger partial charge on any atom is 0.187 e. The van der Waals surface area contributed by atoms with Gasteiger partial charge in [-0.25, -0.2) is 0 Å². The summed E-state index contributed by atoms with van der Waals surface area (Å²) in [6.07, 6.45) is -12.1. The molecule has 0 bridgehead atoms. The van der Waals surface area contributed by atoms with Crippen LogP contribution in [0.15, 0.2) is 0 Å². The fourth-order valence-electron chi connectivity index (χ4n) is 3.43. The van der Waals surface area contributed by atoms with Gasteiger partial charge < -0.3 is 55.3 Å². The molecule has 2 rings (SSSR count). The van der Waals surface area contributed by atoms with Gasteiger partial charge in [-0.2, -0.15) is 0 Å². The fourth-order valence-corrected chi connectivity index (χ4v) is 4.55. The molecule has 0 aromatic rings. The molecule has 36 heavy (non-hydrogen) atoms. The van der Waals surface area contributed by atoms with Gasteiger partial charge in [-0.05, 0) is 19.2 Å². The third-order valence-corrected chi connectivity index (χ3v) is 7.27. The zero-order chi connectivity index (χ0) is 27.6. The van der Waals surface area contributed by atoms with E-state index in [2.05, 4.69) is 19.2 Å². The minimum atomic E-state index is -1.70. The van der Waals surface area contributed by atoms with E-state index in [9.17, 15) is 40.5 Å². The van der Waals surface area contributed by atoms with E-state index in [-0.39, 0.29) is 11.7 Å². The lowest BCUT2D eigenvalue weighted by Gasteiger charge is -2.46. The van der Waals surface area contributed by atoms with Crippen LogP contribution in [0.3, 0.4) is 0 Å². The highest BCUT2D eigenvalue weighted by molar-refractivity contribution is 7.99. The minimum Gasteiger partial charge on any atom is -0.394 e. The number of carbonyl (C=O) groups is 1. The first-order valence-corrected chi connectivity index (χ1v) is 13.3. The number of rotatable bonds is 11. The highest BCUT2D eigenvalue weighted by Gasteiger charge is 2.50. The van der Waals surface area contributed by atoms with Gasteiger partial charge in [-0.1, -0.05) is 27.7 Å². The van der Waals surface area contributed by atoms with Gasteiger partial charge >= 0.3 is 0 Å². The number of ether oxygens (including phenoxy) is 3. The lowest BCUT2D eigenvalue weighted by Crippen LogP contribution is -2.64. The van der Waals surface area contributed by atoms with Crippen molar-refractivity contribution in [3.63, 3.8) is 0 Å². The van der Waals surface area contributed by atoms with Crippen molar-refractivity contribution in [3.05, 3.63) is 0 Å². The Morgan fingerprint density at radius 2 is 1.47 bits per heavy atom. The molecule has 10 atom stereocenters. The van der Waals surface area contributed by atoms with Crippen molar-refractivity contribution in [2.75, 3.05) is 26.0 Å². The Labute approximate surface area is 216 Å². The summed E-state index contributed by atoms with van der Waals surface area (Å²) < 4.78 is 16.4. The molecule has 0 saturated carbocycles. The predicted octanol–water partition coefficient (Wildman–Crippen LogP) is -2.04. The summed E-state index contributed by atoms with van der Waals surface area (Å²) in [6, 6.07) is 0.634. The number of Topliss-reactive ketones (excluding diaryl/α,β-unsaturated/α-hetero) is 1. The Hall–Kier alpha value is -0.420. The highest BCUT2D eigenvalue weighted by atomic mass is 32.2. The van der Waals surface area contributed by atoms with E-state index in [1.807, 2.05) is 20.9 Å². The van der Waals surface area contributed by atoms with Crippen LogP contribution in [0.2, 0.25) is 0 Å². The molecule has 2 fully saturated rings. The molecule has 0 amide bonds. The number of carbonyl (C=O) groups excluding carboxylic acids is 1. The molecule has 13 heteroatoms. The summed E-state index contributed by atoms with van der Waals surface area (Å²) >= 11 is 1.20. The maximum absolute atomic E-state index is 11.7. The van der Waals surface area contributed by atoms with Crippen LogP contribution in [0, 0.1) is 5.92 Å². The zero-order valence-electron chi connectivity index (χ0n) is 21.6. The molecule has 0 aliphatic carbocycles. The van der Waals surface area contributed by atoms with Crippen LogP contribution in [-0.2, 0) is 19.0 Å². The highest BCUT2D eigenvalue weighted by Crippen LogP contribution is 2.33. The Kier molecular flexibility index (Phi) is 15.4. The Bertz CT molecular complexity index is 625. The number of aliphatic hydroxyl groups is 7. The van der Waals surface area contributed by atoms with Crippen molar-refractivity contribution in [2.24, 2.45) is 5.92 Å². The average molecular weight is 544 g/mol. The molecular weight excluding hydrogens is 498 g/mol. The quantitative estimate of drug-likeness (QED) is 0.133. The molecule has 2 saturated heterocycles. The minimum absolute atomic E-state index is 0.0533. The molecule has 2 aliphatic heterocycles. The van der Waals surface area contributed by atoms with Crippen molar-refractivity contribution in [2.45, 2.75) is 107 Å². The fraction of sp³-hybridized carbons (Fsp3) is 0.957. The molecule has 0 aromatic carbocycles. The third kappa shape index (κ3) is 9.71. The summed E-state index contributed by atoms with van der Waals surface area (Å²) in [5.41, 5.74) is -0.879. The number of hydrogen-bond acceptors (Lipinski definition) is 13. The molecule has 2 aliphatic rings. The van der Waals surface area contributed by atoms with Crippen molar-refractivity contribution in [1.82, 2.24) is 5.32 Å². The van der Waals surface area contributed by atoms with Crippen LogP contribution >= 0.6 is 11.8 Å². The second-order valence-corrected chi connectivity index (χ2v) is 10.7. The lowest BCUT2D eigenvalue weighted by molar-refractivity contribution is -0.338. The number of aliphatic hydroxyl groups excluding tert-OH is 7. The van der Waals surface area contributed by atoms with Gasteiger partial charge in [-0.15, -0.1) is 11.8 Å². The largest absolute Gasteiger partial charge is 0.394 e. The van der Waals surface area contributed by atoms with Crippen LogP contribution in [0.4, 0.5) is 0 Å². The van der Waals surface area contributed by atoms with E-state index < -0.39 is 73.8 Å². The van der Waals surface area contributed by atoms with Crippen LogP contribution in [0.1, 0.15) is 40.5 Å². The van der Waals surface area contributed by atoms with E-state index in [4.69, 9.17) is 14.2 Å². The molecule has 0 aromatic heterocycles. The van der Waals surface area contributed by atoms with E-state index in [1.54, 1.807) is 0 Å². The normalized spacial score (nSPS) is 37.1. The van der Waals surface area contributed by atoms with E-state index in [1.165, 1.54) is 11.8 Å². The Morgan fingerprint density at radius 1 is 0.889 bits per heavy atom. The smallest absolute Gasteiger partial charge is 0.187 e. The predicted molar refractivity (Wildman–Crippen MR) is 132 cm³/mol. The Balaban J connectivity index is 0.00000118. The van der Waals surface area contributed by atoms with Gasteiger partial charge in [0.15, 0.2) is 6.29 Å². The van der Waals surface area contributed by atoms with Gasteiger partial charge in [0, 0.05) is 18.4 Å². The lowest BCUT2D eigenvalue weighted by atomic mass is 9.97. The van der Waals surface area contributed by atoms with Gasteiger partial charge in [-0.3, -0.25) is 4.79 Å². The number of thioether (sulfide) groups is 1. The molecule has 0 spiro atoms. The van der Waals surface area contributed by atoms with Crippen LogP contribution in [0.25, 0.3) is 0 Å². The van der Waals surface area contributed by atoms with E-state index in [0.29, 0.717) is 24.6 Å². The monoisotopic (exact) mass is 543 g/mol. The summed E-state index contributed by atoms with van der Waals surface area (Å²) in [5.74, 6) is 0.568. The standard InChI is InChI=1S/C19H34O11S.C4H11N/c1-8(2)9(22)4-3-5-31-19-16(27)14(25)17(11(7-21)29-19)30-18-15(26)13(24)12(23)10(6-20)28-18;1-4(2)5-3/h8,10-21,23-27H,3-7H2,1-2H3;4-5H,1-3H3. The summed E-state index contributed by atoms with van der Waals surface area (Å²) in [6.45, 7) is 6.63. The van der Waals surface area contributed by atoms with Gasteiger partial charge in [0.25, 0.3) is 0 Å². The van der Waals surface area contributed by atoms with Crippen molar-refractivity contribution >= 4 is 17.5 Å². The second-order valence-electron chi connectivity index (χ2n) is 9.54. The molecule has 12 nitrogen and oxygen atoms in total. The molecule has 2 heterocycles. The summed E-state index contributed by atoms with van der Waals surface area (Å²) in [7, 11) is 1.95. The number of hydrogen-bond donors (Lipinski definition) is 8. The summed E-state index contributed by atoms with van der Waals surface area (Å²) in [4.78, 5) is 11.7. The van der Waals surface area contributed by atoms with Crippen LogP contribution in [-0.4, -0.2) is 134 Å². The number of nitrogens with one attached hydrogen (secondary N) is 1. The van der Waals surface area contributed by atoms with Crippen LogP contribution < -0.4 is 5.32 Å². The first-order valence-electron chi connectivity index (χ1n) is 12.3. The van der Waals surface area contributed by atoms with Crippen LogP contribution in [0.5, 0.6) is 0 Å². The molecule has 0 radical (unpaired) electrons. The van der Waals surface area contributed by atoms with Gasteiger partial charge in [0.05, 0.1) is 13.2 Å². The van der Waals surface area contributed by atoms with Gasteiger partial charge in [0.2, 0.25) is 0 Å². The Morgan fingerprint density at radius 3 is 1.97 bits per heavy atom. The average Bonchev–Trinajstić information content (AvgIpc) is 2.85. The van der Waals surface area contributed by atoms with E-state index in [0.717, 1.165) is 0 Å². The van der Waals surface area contributed by atoms with Crippen molar-refractivity contribution in [1.29, 1.82) is 0 Å². The second kappa shape index (κ2) is 16.5. The van der Waals surface area contributed by atoms with Crippen molar-refractivity contribution < 1.29 is 54.8 Å². The zero-order valence-corrected chi connectivity index (χ0v) is 22.5. The SMILES string of the molecule is CC(C)C(=O)CCCSC1OC(CO)C(OC2OC(CO)C(O)C(O)C2O)C(O)C1O.CNC(C)C. The molecule has 10 unspecified atom stereocenters. The van der Waals surface area contributed by atoms with Crippen molar-refractivity contribution in [3.8, 4) is 0 Å². The maximum atomic E-state index is 11.7. The first-order chi connectivity index (χ1) is 16.9. The topological polar surface area (TPSA) is 198 Å². The summed E-state index contributed by atoms with van der Waals surface area (Å²) in [5, 5.41) is 72.8. The van der Waals surface area contributed by atoms with Gasteiger partial charge in [0.1, 0.15) is 60.1 Å². The third-order valence-electron chi connectivity index (χ3n) is 6.03. The number of ketones is 1.